The van der Waals surface area contributed by atoms with Crippen LogP contribution >= 0.6 is 0 Å². The lowest BCUT2D eigenvalue weighted by molar-refractivity contribution is -0.137. The Morgan fingerprint density at radius 3 is 2.43 bits per heavy atom. The number of amidine groups is 1. The van der Waals surface area contributed by atoms with E-state index in [4.69, 9.17) is 4.74 Å². The van der Waals surface area contributed by atoms with Gasteiger partial charge in [-0.15, -0.1) is 5.11 Å². The van der Waals surface area contributed by atoms with Crippen LogP contribution < -0.4 is 4.74 Å². The number of carbonyl (C=O) groups excluding carboxylic acids is 1. The van der Waals surface area contributed by atoms with Gasteiger partial charge in [0, 0.05) is 0 Å². The highest BCUT2D eigenvalue weighted by molar-refractivity contribution is 6.09. The third kappa shape index (κ3) is 3.25. The third-order valence-electron chi connectivity index (χ3n) is 2.95. The summed E-state index contributed by atoms with van der Waals surface area (Å²) in [7, 11) is 0. The van der Waals surface area contributed by atoms with E-state index in [9.17, 15) is 18.0 Å². The third-order valence-corrected chi connectivity index (χ3v) is 2.95. The fourth-order valence-electron chi connectivity index (χ4n) is 1.94. The molecule has 2 amide bonds. The molecule has 0 radical (unpaired) electrons. The molecule has 0 unspecified atom stereocenters. The number of ether oxygens (including phenoxy) is 1. The van der Waals surface area contributed by atoms with Crippen LogP contribution in [0.2, 0.25) is 0 Å². The van der Waals surface area contributed by atoms with Gasteiger partial charge in [-0.05, 0) is 30.3 Å². The number of rotatable bonds is 3. The number of azo groups is 1. The largest absolute Gasteiger partial charge is 0.457 e. The van der Waals surface area contributed by atoms with Crippen LogP contribution in [0.4, 0.5) is 18.0 Å². The Labute approximate surface area is 128 Å². The molecule has 0 N–H and O–H groups in total. The number of hydrogen-bond donors (Lipinski definition) is 0. The molecular weight excluding hydrogens is 311 g/mol. The summed E-state index contributed by atoms with van der Waals surface area (Å²) in [6, 6.07) is 10.2. The van der Waals surface area contributed by atoms with Gasteiger partial charge < -0.3 is 4.74 Å². The molecule has 5 nitrogen and oxygen atoms in total. The summed E-state index contributed by atoms with van der Waals surface area (Å²) in [6.45, 7) is 0. The average molecular weight is 319 g/mol. The average Bonchev–Trinajstić information content (AvgIpc) is 2.94. The molecule has 0 saturated carbocycles. The molecule has 0 atom stereocenters. The lowest BCUT2D eigenvalue weighted by Crippen LogP contribution is -2.05. The summed E-state index contributed by atoms with van der Waals surface area (Å²) in [4.78, 5) is 14.6. The van der Waals surface area contributed by atoms with Gasteiger partial charge in [-0.3, -0.25) is 0 Å². The SMILES string of the molecule is O=C1N=NC(c2ccccc2Oc2cccc(C(F)(F)F)c2)=N1. The van der Waals surface area contributed by atoms with Gasteiger partial charge in [-0.1, -0.05) is 23.3 Å². The van der Waals surface area contributed by atoms with E-state index in [1.54, 1.807) is 18.2 Å². The van der Waals surface area contributed by atoms with Crippen LogP contribution in [0, 0.1) is 0 Å². The number of urea groups is 1. The van der Waals surface area contributed by atoms with Gasteiger partial charge in [0.05, 0.1) is 11.1 Å². The van der Waals surface area contributed by atoms with Crippen molar-refractivity contribution in [3.63, 3.8) is 0 Å². The van der Waals surface area contributed by atoms with Crippen molar-refractivity contribution in [3.8, 4) is 11.5 Å². The van der Waals surface area contributed by atoms with E-state index in [1.165, 1.54) is 18.2 Å². The molecule has 0 aliphatic carbocycles. The molecule has 0 aromatic heterocycles. The Balaban J connectivity index is 1.94. The fraction of sp³-hybridized carbons (Fsp3) is 0.0667. The van der Waals surface area contributed by atoms with Gasteiger partial charge in [0.1, 0.15) is 11.5 Å². The molecule has 1 heterocycles. The Bertz CT molecular complexity index is 829. The minimum absolute atomic E-state index is 0.00846. The second-order valence-electron chi connectivity index (χ2n) is 4.54. The normalized spacial score (nSPS) is 14.0. The maximum Gasteiger partial charge on any atom is 0.416 e. The number of nitrogens with zero attached hydrogens (tertiary/aromatic N) is 3. The molecule has 0 spiro atoms. The minimum atomic E-state index is -4.46. The Morgan fingerprint density at radius 2 is 1.74 bits per heavy atom. The van der Waals surface area contributed by atoms with Crippen molar-refractivity contribution in [2.24, 2.45) is 15.2 Å². The van der Waals surface area contributed by atoms with Crippen LogP contribution in [0.15, 0.2) is 63.8 Å². The van der Waals surface area contributed by atoms with E-state index in [-0.39, 0.29) is 17.3 Å². The first-order valence-corrected chi connectivity index (χ1v) is 6.42. The van der Waals surface area contributed by atoms with Gasteiger partial charge in [0.15, 0.2) is 5.84 Å². The quantitative estimate of drug-likeness (QED) is 0.813. The second-order valence-corrected chi connectivity index (χ2v) is 4.54. The molecule has 2 aromatic rings. The van der Waals surface area contributed by atoms with Crippen LogP contribution in [0.3, 0.4) is 0 Å². The number of benzene rings is 2. The molecule has 0 saturated heterocycles. The highest BCUT2D eigenvalue weighted by Gasteiger charge is 2.30. The molecule has 116 valence electrons. The monoisotopic (exact) mass is 319 g/mol. The number of alkyl halides is 3. The lowest BCUT2D eigenvalue weighted by Gasteiger charge is -2.12. The fourth-order valence-corrected chi connectivity index (χ4v) is 1.94. The van der Waals surface area contributed by atoms with Gasteiger partial charge in [0.2, 0.25) is 0 Å². The van der Waals surface area contributed by atoms with E-state index in [2.05, 4.69) is 15.2 Å². The van der Waals surface area contributed by atoms with Crippen LogP contribution in [0.5, 0.6) is 11.5 Å². The lowest BCUT2D eigenvalue weighted by atomic mass is 10.1. The molecule has 8 heteroatoms. The van der Waals surface area contributed by atoms with Gasteiger partial charge in [-0.25, -0.2) is 4.79 Å². The van der Waals surface area contributed by atoms with Crippen molar-refractivity contribution in [1.29, 1.82) is 0 Å². The van der Waals surface area contributed by atoms with E-state index >= 15 is 0 Å². The van der Waals surface area contributed by atoms with Gasteiger partial charge >= 0.3 is 12.2 Å². The molecular formula is C15H8F3N3O2. The number of amides is 2. The summed E-state index contributed by atoms with van der Waals surface area (Å²) < 4.78 is 43.7. The highest BCUT2D eigenvalue weighted by Crippen LogP contribution is 2.33. The predicted octanol–water partition coefficient (Wildman–Crippen LogP) is 4.83. The second kappa shape index (κ2) is 5.64. The number of hydrogen-bond acceptors (Lipinski definition) is 3. The van der Waals surface area contributed by atoms with Crippen molar-refractivity contribution >= 4 is 11.9 Å². The standard InChI is InChI=1S/C15H8F3N3O2/c16-15(17,18)9-4-3-5-10(8-9)23-12-7-2-1-6-11(12)13-19-14(22)21-20-13/h1-8H. The smallest absolute Gasteiger partial charge is 0.416 e. The Hall–Kier alpha value is -3.03. The number of para-hydroxylation sites is 1. The first kappa shape index (κ1) is 14.9. The molecule has 1 aliphatic rings. The molecule has 0 bridgehead atoms. The van der Waals surface area contributed by atoms with Crippen LogP contribution in [0.25, 0.3) is 0 Å². The van der Waals surface area contributed by atoms with Gasteiger partial charge in [-0.2, -0.15) is 18.2 Å². The van der Waals surface area contributed by atoms with Crippen LogP contribution in [-0.2, 0) is 6.18 Å². The first-order chi connectivity index (χ1) is 10.9. The summed E-state index contributed by atoms with van der Waals surface area (Å²) in [6.07, 6.45) is -4.46. The van der Waals surface area contributed by atoms with Crippen molar-refractivity contribution in [3.05, 3.63) is 59.7 Å². The van der Waals surface area contributed by atoms with Crippen molar-refractivity contribution < 1.29 is 22.7 Å². The number of aliphatic imine (C=N–C) groups is 1. The Morgan fingerprint density at radius 1 is 0.957 bits per heavy atom. The zero-order valence-corrected chi connectivity index (χ0v) is 11.4. The van der Waals surface area contributed by atoms with Crippen molar-refractivity contribution in [2.45, 2.75) is 6.18 Å². The summed E-state index contributed by atoms with van der Waals surface area (Å²) in [5, 5.41) is 6.88. The highest BCUT2D eigenvalue weighted by atomic mass is 19.4. The summed E-state index contributed by atoms with van der Waals surface area (Å²) in [5.41, 5.74) is -0.458. The molecule has 23 heavy (non-hydrogen) atoms. The van der Waals surface area contributed by atoms with Crippen LogP contribution in [-0.4, -0.2) is 11.9 Å². The Kier molecular flexibility index (Phi) is 3.65. The first-order valence-electron chi connectivity index (χ1n) is 6.42. The zero-order valence-electron chi connectivity index (χ0n) is 11.4. The van der Waals surface area contributed by atoms with E-state index in [0.29, 0.717) is 5.56 Å². The van der Waals surface area contributed by atoms with Crippen molar-refractivity contribution in [1.82, 2.24) is 0 Å². The maximum absolute atomic E-state index is 12.7. The van der Waals surface area contributed by atoms with E-state index < -0.39 is 17.8 Å². The van der Waals surface area contributed by atoms with E-state index in [0.717, 1.165) is 12.1 Å². The minimum Gasteiger partial charge on any atom is -0.457 e. The van der Waals surface area contributed by atoms with E-state index in [1.807, 2.05) is 0 Å². The van der Waals surface area contributed by atoms with Crippen LogP contribution in [0.1, 0.15) is 11.1 Å². The molecule has 1 aliphatic heterocycles. The molecule has 0 fully saturated rings. The van der Waals surface area contributed by atoms with Crippen molar-refractivity contribution in [2.75, 3.05) is 0 Å². The number of carbonyl (C=O) groups is 1. The maximum atomic E-state index is 12.7. The molecule has 3 rings (SSSR count). The summed E-state index contributed by atoms with van der Waals surface area (Å²) >= 11 is 0. The topological polar surface area (TPSA) is 63.4 Å². The van der Waals surface area contributed by atoms with Gasteiger partial charge in [0.25, 0.3) is 0 Å². The summed E-state index contributed by atoms with van der Waals surface area (Å²) in [5.74, 6) is 0.283. The zero-order chi connectivity index (χ0) is 16.4. The number of halogens is 3. The molecule has 2 aromatic carbocycles. The predicted molar refractivity (Wildman–Crippen MR) is 74.7 cm³/mol.